The third-order valence-electron chi connectivity index (χ3n) is 3.96. The van der Waals surface area contributed by atoms with Crippen LogP contribution in [0.3, 0.4) is 0 Å². The Kier molecular flexibility index (Phi) is 3.79. The average molecular weight is 394 g/mol. The molecule has 0 bridgehead atoms. The number of nitrogens with zero attached hydrogens (tertiary/aromatic N) is 2. The maximum atomic E-state index is 9.53. The molecular weight excluding hydrogens is 382 g/mol. The standard InChI is InChI=1S/C19H12BrN3O2/c20-13-3-1-2-12(6-13)16-8-14(15(9-21)19(22)23-16)11-4-5-17-18(7-11)25-10-24-17/h1-8H,10H2,(H2,22,23). The Morgan fingerprint density at radius 2 is 1.88 bits per heavy atom. The first-order valence-electron chi connectivity index (χ1n) is 7.52. The maximum absolute atomic E-state index is 9.53. The number of anilines is 1. The third-order valence-corrected chi connectivity index (χ3v) is 4.46. The molecule has 1 aliphatic heterocycles. The molecule has 2 N–H and O–H groups in total. The molecule has 0 unspecified atom stereocenters. The first-order chi connectivity index (χ1) is 12.2. The van der Waals surface area contributed by atoms with E-state index in [9.17, 15) is 5.26 Å². The van der Waals surface area contributed by atoms with Crippen molar-refractivity contribution in [3.8, 4) is 40.0 Å². The largest absolute Gasteiger partial charge is 0.454 e. The molecule has 0 fully saturated rings. The Labute approximate surface area is 152 Å². The van der Waals surface area contributed by atoms with Gasteiger partial charge in [0.25, 0.3) is 0 Å². The topological polar surface area (TPSA) is 81.2 Å². The second-order valence-corrected chi connectivity index (χ2v) is 6.42. The molecule has 0 radical (unpaired) electrons. The number of benzene rings is 2. The van der Waals surface area contributed by atoms with Gasteiger partial charge < -0.3 is 15.2 Å². The summed E-state index contributed by atoms with van der Waals surface area (Å²) in [5.41, 5.74) is 9.55. The molecule has 0 saturated carbocycles. The first kappa shape index (κ1) is 15.5. The highest BCUT2D eigenvalue weighted by Crippen LogP contribution is 2.38. The highest BCUT2D eigenvalue weighted by molar-refractivity contribution is 9.10. The summed E-state index contributed by atoms with van der Waals surface area (Å²) in [7, 11) is 0. The van der Waals surface area contributed by atoms with Crippen LogP contribution in [-0.4, -0.2) is 11.8 Å². The second kappa shape index (κ2) is 6.11. The summed E-state index contributed by atoms with van der Waals surface area (Å²) in [5, 5.41) is 9.53. The normalized spacial score (nSPS) is 12.0. The monoisotopic (exact) mass is 393 g/mol. The number of nitrogens with two attached hydrogens (primary N) is 1. The van der Waals surface area contributed by atoms with Crippen LogP contribution in [0.4, 0.5) is 5.82 Å². The van der Waals surface area contributed by atoms with Gasteiger partial charge in [0.1, 0.15) is 17.5 Å². The average Bonchev–Trinajstić information content (AvgIpc) is 3.08. The fraction of sp³-hybridized carbons (Fsp3) is 0.0526. The minimum absolute atomic E-state index is 0.200. The number of rotatable bonds is 2. The van der Waals surface area contributed by atoms with Crippen molar-refractivity contribution in [1.82, 2.24) is 4.98 Å². The van der Waals surface area contributed by atoms with Crippen LogP contribution in [-0.2, 0) is 0 Å². The van der Waals surface area contributed by atoms with Gasteiger partial charge in [-0.2, -0.15) is 5.26 Å². The van der Waals surface area contributed by atoms with Gasteiger partial charge in [-0.25, -0.2) is 4.98 Å². The van der Waals surface area contributed by atoms with Crippen LogP contribution in [0.15, 0.2) is 53.0 Å². The molecule has 1 aliphatic rings. The Morgan fingerprint density at radius 3 is 2.68 bits per heavy atom. The van der Waals surface area contributed by atoms with Crippen molar-refractivity contribution in [1.29, 1.82) is 5.26 Å². The van der Waals surface area contributed by atoms with Gasteiger partial charge in [-0.1, -0.05) is 34.1 Å². The molecule has 0 aliphatic carbocycles. The Bertz CT molecular complexity index is 1030. The van der Waals surface area contributed by atoms with Gasteiger partial charge in [0.05, 0.1) is 5.69 Å². The predicted molar refractivity (Wildman–Crippen MR) is 98.1 cm³/mol. The van der Waals surface area contributed by atoms with Crippen molar-refractivity contribution in [2.24, 2.45) is 0 Å². The number of hydrogen-bond donors (Lipinski definition) is 1. The molecule has 0 spiro atoms. The molecule has 122 valence electrons. The van der Waals surface area contributed by atoms with E-state index in [1.54, 1.807) is 0 Å². The summed E-state index contributed by atoms with van der Waals surface area (Å²) >= 11 is 3.46. The second-order valence-electron chi connectivity index (χ2n) is 5.51. The minimum atomic E-state index is 0.200. The number of ether oxygens (including phenoxy) is 2. The molecule has 2 aromatic carbocycles. The molecule has 6 heteroatoms. The molecule has 3 aromatic rings. The summed E-state index contributed by atoms with van der Waals surface area (Å²) < 4.78 is 11.7. The zero-order valence-corrected chi connectivity index (χ0v) is 14.6. The van der Waals surface area contributed by atoms with Crippen molar-refractivity contribution < 1.29 is 9.47 Å². The SMILES string of the molecule is N#Cc1c(-c2ccc3c(c2)OCO3)cc(-c2cccc(Br)c2)nc1N. The number of nitriles is 1. The van der Waals surface area contributed by atoms with Crippen LogP contribution in [0, 0.1) is 11.3 Å². The molecule has 0 atom stereocenters. The molecular formula is C19H12BrN3O2. The minimum Gasteiger partial charge on any atom is -0.454 e. The molecule has 0 amide bonds. The molecule has 0 saturated heterocycles. The van der Waals surface area contributed by atoms with Gasteiger partial charge in [-0.3, -0.25) is 0 Å². The fourth-order valence-electron chi connectivity index (χ4n) is 2.77. The van der Waals surface area contributed by atoms with Crippen LogP contribution in [0.2, 0.25) is 0 Å². The number of nitrogen functional groups attached to an aromatic ring is 1. The number of hydrogen-bond acceptors (Lipinski definition) is 5. The lowest BCUT2D eigenvalue weighted by Crippen LogP contribution is -1.99. The van der Waals surface area contributed by atoms with E-state index in [-0.39, 0.29) is 12.6 Å². The molecule has 25 heavy (non-hydrogen) atoms. The van der Waals surface area contributed by atoms with Crippen molar-refractivity contribution in [2.45, 2.75) is 0 Å². The van der Waals surface area contributed by atoms with E-state index in [2.05, 4.69) is 27.0 Å². The van der Waals surface area contributed by atoms with Gasteiger partial charge in [0, 0.05) is 15.6 Å². The summed E-state index contributed by atoms with van der Waals surface area (Å²) in [6.45, 7) is 0.200. The number of aromatic nitrogens is 1. The zero-order chi connectivity index (χ0) is 17.4. The molecule has 4 rings (SSSR count). The van der Waals surface area contributed by atoms with Crippen LogP contribution in [0.25, 0.3) is 22.4 Å². The summed E-state index contributed by atoms with van der Waals surface area (Å²) in [6, 6.07) is 17.3. The van der Waals surface area contributed by atoms with E-state index in [4.69, 9.17) is 15.2 Å². The van der Waals surface area contributed by atoms with E-state index >= 15 is 0 Å². The van der Waals surface area contributed by atoms with E-state index in [1.165, 1.54) is 0 Å². The Balaban J connectivity index is 1.90. The number of fused-ring (bicyclic) bond motifs is 1. The van der Waals surface area contributed by atoms with Crippen molar-refractivity contribution in [2.75, 3.05) is 12.5 Å². The smallest absolute Gasteiger partial charge is 0.231 e. The van der Waals surface area contributed by atoms with E-state index in [0.717, 1.165) is 15.6 Å². The van der Waals surface area contributed by atoms with Crippen LogP contribution in [0.5, 0.6) is 11.5 Å². The molecule has 1 aromatic heterocycles. The Morgan fingerprint density at radius 1 is 1.04 bits per heavy atom. The third kappa shape index (κ3) is 2.79. The highest BCUT2D eigenvalue weighted by atomic mass is 79.9. The van der Waals surface area contributed by atoms with Gasteiger partial charge >= 0.3 is 0 Å². The fourth-order valence-corrected chi connectivity index (χ4v) is 3.17. The zero-order valence-electron chi connectivity index (χ0n) is 13.0. The van der Waals surface area contributed by atoms with Crippen LogP contribution < -0.4 is 15.2 Å². The molecule has 5 nitrogen and oxygen atoms in total. The number of halogens is 1. The first-order valence-corrected chi connectivity index (χ1v) is 8.31. The van der Waals surface area contributed by atoms with Gasteiger partial charge in [0.2, 0.25) is 6.79 Å². The quantitative estimate of drug-likeness (QED) is 0.699. The van der Waals surface area contributed by atoms with Crippen molar-refractivity contribution >= 4 is 21.7 Å². The lowest BCUT2D eigenvalue weighted by atomic mass is 9.98. The lowest BCUT2D eigenvalue weighted by molar-refractivity contribution is 0.174. The molecule has 2 heterocycles. The Hall–Kier alpha value is -3.04. The van der Waals surface area contributed by atoms with Gasteiger partial charge in [-0.05, 0) is 35.9 Å². The van der Waals surface area contributed by atoms with Gasteiger partial charge in [0.15, 0.2) is 11.5 Å². The van der Waals surface area contributed by atoms with E-state index in [0.29, 0.717) is 28.3 Å². The van der Waals surface area contributed by atoms with Crippen molar-refractivity contribution in [3.05, 3.63) is 58.6 Å². The summed E-state index contributed by atoms with van der Waals surface area (Å²) in [6.07, 6.45) is 0. The van der Waals surface area contributed by atoms with Crippen LogP contribution in [0.1, 0.15) is 5.56 Å². The highest BCUT2D eigenvalue weighted by Gasteiger charge is 2.18. The predicted octanol–water partition coefficient (Wildman–Crippen LogP) is 4.36. The van der Waals surface area contributed by atoms with E-state index in [1.807, 2.05) is 48.5 Å². The van der Waals surface area contributed by atoms with Gasteiger partial charge in [-0.15, -0.1) is 0 Å². The van der Waals surface area contributed by atoms with Crippen LogP contribution >= 0.6 is 15.9 Å². The maximum Gasteiger partial charge on any atom is 0.231 e. The number of pyridine rings is 1. The summed E-state index contributed by atoms with van der Waals surface area (Å²) in [4.78, 5) is 4.39. The lowest BCUT2D eigenvalue weighted by Gasteiger charge is -2.11. The van der Waals surface area contributed by atoms with E-state index < -0.39 is 0 Å². The van der Waals surface area contributed by atoms with Crippen molar-refractivity contribution in [3.63, 3.8) is 0 Å². The summed E-state index contributed by atoms with van der Waals surface area (Å²) in [5.74, 6) is 1.55.